The van der Waals surface area contributed by atoms with Crippen molar-refractivity contribution in [2.75, 3.05) is 5.88 Å². The van der Waals surface area contributed by atoms with Gasteiger partial charge in [-0.1, -0.05) is 49.3 Å². The molecule has 0 bridgehead atoms. The Balaban J connectivity index is 2.20. The highest BCUT2D eigenvalue weighted by atomic mass is 35.5. The maximum Gasteiger partial charge on any atom is 0.335 e. The lowest BCUT2D eigenvalue weighted by Crippen LogP contribution is -2.32. The van der Waals surface area contributed by atoms with Gasteiger partial charge in [-0.15, -0.1) is 16.7 Å². The fourth-order valence-electron chi connectivity index (χ4n) is 2.17. The topological polar surface area (TPSA) is 102 Å². The van der Waals surface area contributed by atoms with Crippen molar-refractivity contribution >= 4 is 27.3 Å². The fourth-order valence-corrected chi connectivity index (χ4v) is 3.48. The van der Waals surface area contributed by atoms with Gasteiger partial charge < -0.3 is 9.73 Å². The first kappa shape index (κ1) is 19.4. The number of amides is 1. The Hall–Kier alpha value is -1.93. The van der Waals surface area contributed by atoms with Gasteiger partial charge in [0.2, 0.25) is 21.6 Å². The molecule has 9 heteroatoms. The van der Waals surface area contributed by atoms with Crippen LogP contribution in [0.15, 0.2) is 40.0 Å². The van der Waals surface area contributed by atoms with E-state index in [1.807, 2.05) is 13.8 Å². The van der Waals surface area contributed by atoms with E-state index in [9.17, 15) is 13.2 Å². The van der Waals surface area contributed by atoms with Crippen molar-refractivity contribution in [2.45, 2.75) is 37.3 Å². The molecule has 1 amide bonds. The summed E-state index contributed by atoms with van der Waals surface area (Å²) >= 11 is 5.55. The molecule has 136 valence electrons. The van der Waals surface area contributed by atoms with E-state index in [0.29, 0.717) is 5.56 Å². The molecule has 0 radical (unpaired) electrons. The Labute approximate surface area is 151 Å². The first-order chi connectivity index (χ1) is 11.8. The van der Waals surface area contributed by atoms with Crippen LogP contribution >= 0.6 is 11.6 Å². The lowest BCUT2D eigenvalue weighted by atomic mass is 10.0. The summed E-state index contributed by atoms with van der Waals surface area (Å²) < 4.78 is 30.2. The number of rotatable bonds is 8. The van der Waals surface area contributed by atoms with Crippen LogP contribution in [0.5, 0.6) is 0 Å². The number of halogens is 1. The summed E-state index contributed by atoms with van der Waals surface area (Å²) in [4.78, 5) is 11.8. The molecular weight excluding hydrogens is 366 g/mol. The number of benzene rings is 1. The van der Waals surface area contributed by atoms with Crippen molar-refractivity contribution in [2.24, 2.45) is 5.92 Å². The van der Waals surface area contributed by atoms with Crippen LogP contribution in [0.3, 0.4) is 0 Å². The molecule has 0 aliphatic heterocycles. The summed E-state index contributed by atoms with van der Waals surface area (Å²) in [6, 6.07) is 8.15. The van der Waals surface area contributed by atoms with E-state index in [4.69, 9.17) is 16.0 Å². The van der Waals surface area contributed by atoms with Crippen molar-refractivity contribution < 1.29 is 17.6 Å². The Kier molecular flexibility index (Phi) is 6.55. The number of aromatic nitrogens is 2. The van der Waals surface area contributed by atoms with Crippen LogP contribution in [0.2, 0.25) is 0 Å². The second-order valence-corrected chi connectivity index (χ2v) is 8.12. The molecule has 1 heterocycles. The van der Waals surface area contributed by atoms with Gasteiger partial charge in [-0.2, -0.15) is 0 Å². The number of hydrogen-bond donors (Lipinski definition) is 1. The first-order valence-electron chi connectivity index (χ1n) is 7.79. The van der Waals surface area contributed by atoms with Gasteiger partial charge >= 0.3 is 5.22 Å². The molecule has 0 saturated heterocycles. The summed E-state index contributed by atoms with van der Waals surface area (Å²) in [5.41, 5.74) is 0.623. The average molecular weight is 386 g/mol. The van der Waals surface area contributed by atoms with Crippen LogP contribution in [0.4, 0.5) is 0 Å². The third-order valence-electron chi connectivity index (χ3n) is 3.46. The normalized spacial score (nSPS) is 13.0. The first-order valence-corrected chi connectivity index (χ1v) is 9.97. The van der Waals surface area contributed by atoms with Crippen LogP contribution in [0, 0.1) is 5.92 Å². The SMILES string of the molecule is CC(C)[C@H](NC(=O)CCCl)c1nnc(S(=O)(=O)Cc2ccccc2)o1. The molecule has 25 heavy (non-hydrogen) atoms. The highest BCUT2D eigenvalue weighted by molar-refractivity contribution is 7.90. The molecule has 0 spiro atoms. The molecular formula is C16H20ClN3O4S. The number of alkyl halides is 1. The second kappa shape index (κ2) is 8.44. The molecule has 0 aliphatic rings. The molecule has 1 atom stereocenters. The third-order valence-corrected chi connectivity index (χ3v) is 5.06. The third kappa shape index (κ3) is 5.27. The Morgan fingerprint density at radius 1 is 1.24 bits per heavy atom. The van der Waals surface area contributed by atoms with E-state index < -0.39 is 21.1 Å². The molecule has 0 aliphatic carbocycles. The number of carbonyl (C=O) groups excluding carboxylic acids is 1. The molecule has 0 fully saturated rings. The Morgan fingerprint density at radius 2 is 1.92 bits per heavy atom. The summed E-state index contributed by atoms with van der Waals surface area (Å²) in [6.45, 7) is 3.71. The van der Waals surface area contributed by atoms with E-state index in [-0.39, 0.29) is 35.8 Å². The van der Waals surface area contributed by atoms with Crippen LogP contribution in [-0.4, -0.2) is 30.4 Å². The monoisotopic (exact) mass is 385 g/mol. The van der Waals surface area contributed by atoms with Crippen molar-refractivity contribution in [1.29, 1.82) is 0 Å². The van der Waals surface area contributed by atoms with Crippen LogP contribution in [0.25, 0.3) is 0 Å². The quantitative estimate of drug-likeness (QED) is 0.700. The van der Waals surface area contributed by atoms with Gasteiger partial charge in [0.1, 0.15) is 6.04 Å². The van der Waals surface area contributed by atoms with E-state index in [1.165, 1.54) is 0 Å². The Morgan fingerprint density at radius 3 is 2.52 bits per heavy atom. The van der Waals surface area contributed by atoms with Crippen LogP contribution in [0.1, 0.15) is 37.8 Å². The van der Waals surface area contributed by atoms with Gasteiger partial charge in [0.25, 0.3) is 0 Å². The molecule has 2 rings (SSSR count). The minimum atomic E-state index is -3.76. The maximum atomic E-state index is 12.4. The predicted octanol–water partition coefficient (Wildman–Crippen LogP) is 2.49. The van der Waals surface area contributed by atoms with Crippen LogP contribution in [-0.2, 0) is 20.4 Å². The molecule has 0 unspecified atom stereocenters. The lowest BCUT2D eigenvalue weighted by molar-refractivity contribution is -0.122. The van der Waals surface area contributed by atoms with E-state index in [0.717, 1.165) is 0 Å². The van der Waals surface area contributed by atoms with Crippen molar-refractivity contribution in [3.8, 4) is 0 Å². The number of sulfone groups is 1. The van der Waals surface area contributed by atoms with E-state index in [2.05, 4.69) is 15.5 Å². The molecule has 7 nitrogen and oxygen atoms in total. The summed E-state index contributed by atoms with van der Waals surface area (Å²) in [6.07, 6.45) is 0.151. The average Bonchev–Trinajstić information content (AvgIpc) is 3.03. The minimum Gasteiger partial charge on any atom is -0.410 e. The van der Waals surface area contributed by atoms with Crippen molar-refractivity contribution in [3.05, 3.63) is 41.8 Å². The maximum absolute atomic E-state index is 12.4. The molecule has 1 aromatic carbocycles. The second-order valence-electron chi connectivity index (χ2n) is 5.88. The van der Waals surface area contributed by atoms with Gasteiger partial charge in [0.05, 0.1) is 5.75 Å². The number of nitrogens with zero attached hydrogens (tertiary/aromatic N) is 2. The zero-order chi connectivity index (χ0) is 18.4. The summed E-state index contributed by atoms with van der Waals surface area (Å²) in [5, 5.41) is 9.75. The number of hydrogen-bond acceptors (Lipinski definition) is 6. The predicted molar refractivity (Wildman–Crippen MR) is 92.7 cm³/mol. The highest BCUT2D eigenvalue weighted by Crippen LogP contribution is 2.23. The minimum absolute atomic E-state index is 0.0598. The highest BCUT2D eigenvalue weighted by Gasteiger charge is 2.28. The smallest absolute Gasteiger partial charge is 0.335 e. The largest absolute Gasteiger partial charge is 0.410 e. The van der Waals surface area contributed by atoms with E-state index >= 15 is 0 Å². The Bertz CT molecular complexity index is 806. The van der Waals surface area contributed by atoms with Crippen LogP contribution < -0.4 is 5.32 Å². The standard InChI is InChI=1S/C16H20ClN3O4S/c1-11(2)14(18-13(21)8-9-17)15-19-20-16(24-15)25(22,23)10-12-6-4-3-5-7-12/h3-7,11,14H,8-10H2,1-2H3,(H,18,21)/t14-/m0/s1. The van der Waals surface area contributed by atoms with Gasteiger partial charge in [0, 0.05) is 12.3 Å². The fraction of sp³-hybridized carbons (Fsp3) is 0.438. The molecule has 0 saturated carbocycles. The molecule has 2 aromatic rings. The zero-order valence-corrected chi connectivity index (χ0v) is 15.5. The number of nitrogens with one attached hydrogen (secondary N) is 1. The van der Waals surface area contributed by atoms with Gasteiger partial charge in [-0.05, 0) is 11.5 Å². The van der Waals surface area contributed by atoms with Gasteiger partial charge in [-0.25, -0.2) is 8.42 Å². The molecule has 1 aromatic heterocycles. The van der Waals surface area contributed by atoms with Gasteiger partial charge in [0.15, 0.2) is 0 Å². The molecule has 1 N–H and O–H groups in total. The van der Waals surface area contributed by atoms with Crippen molar-refractivity contribution in [1.82, 2.24) is 15.5 Å². The summed E-state index contributed by atoms with van der Waals surface area (Å²) in [5.74, 6) is -0.313. The van der Waals surface area contributed by atoms with Gasteiger partial charge in [-0.3, -0.25) is 4.79 Å². The lowest BCUT2D eigenvalue weighted by Gasteiger charge is -2.18. The number of carbonyl (C=O) groups is 1. The zero-order valence-electron chi connectivity index (χ0n) is 14.0. The van der Waals surface area contributed by atoms with Crippen molar-refractivity contribution in [3.63, 3.8) is 0 Å². The summed E-state index contributed by atoms with van der Waals surface area (Å²) in [7, 11) is -3.76. The van der Waals surface area contributed by atoms with E-state index in [1.54, 1.807) is 30.3 Å².